The van der Waals surface area contributed by atoms with Gasteiger partial charge in [0, 0.05) is 22.9 Å². The summed E-state index contributed by atoms with van der Waals surface area (Å²) in [5, 5.41) is 6.90. The molecule has 1 aliphatic rings. The number of fused-ring (bicyclic) bond motifs is 1. The molecule has 1 aromatic carbocycles. The molecule has 4 rings (SSSR count). The molecule has 0 saturated carbocycles. The molecular formula is C19H20N4OS. The molecule has 5 nitrogen and oxygen atoms in total. The van der Waals surface area contributed by atoms with E-state index in [0.717, 1.165) is 22.8 Å². The first-order valence-corrected chi connectivity index (χ1v) is 9.29. The third-order valence-electron chi connectivity index (χ3n) is 4.10. The van der Waals surface area contributed by atoms with Crippen LogP contribution in [-0.2, 0) is 11.3 Å². The SMILES string of the molecule is CC(C)OCc1ccnc(N2CSc3cc(-c4cn[nH]c4)ccc32)c1. The second-order valence-corrected chi connectivity index (χ2v) is 7.24. The van der Waals surface area contributed by atoms with E-state index in [0.29, 0.717) is 6.61 Å². The molecule has 25 heavy (non-hydrogen) atoms. The number of ether oxygens (including phenoxy) is 1. The van der Waals surface area contributed by atoms with Crippen LogP contribution in [0.5, 0.6) is 0 Å². The Morgan fingerprint density at radius 2 is 2.16 bits per heavy atom. The van der Waals surface area contributed by atoms with Gasteiger partial charge in [0.05, 0.1) is 30.5 Å². The predicted octanol–water partition coefficient (Wildman–Crippen LogP) is 4.60. The van der Waals surface area contributed by atoms with E-state index in [2.05, 4.69) is 44.3 Å². The van der Waals surface area contributed by atoms with Crippen LogP contribution in [0.15, 0.2) is 53.8 Å². The van der Waals surface area contributed by atoms with E-state index >= 15 is 0 Å². The molecule has 0 spiro atoms. The number of nitrogens with one attached hydrogen (secondary N) is 1. The Labute approximate surface area is 151 Å². The van der Waals surface area contributed by atoms with Crippen molar-refractivity contribution in [3.05, 3.63) is 54.5 Å². The number of aromatic amines is 1. The number of thioether (sulfide) groups is 1. The summed E-state index contributed by atoms with van der Waals surface area (Å²) in [6, 6.07) is 10.6. The third-order valence-corrected chi connectivity index (χ3v) is 5.13. The van der Waals surface area contributed by atoms with E-state index in [-0.39, 0.29) is 6.10 Å². The van der Waals surface area contributed by atoms with E-state index < -0.39 is 0 Å². The number of benzene rings is 1. The molecule has 1 aliphatic heterocycles. The lowest BCUT2D eigenvalue weighted by Crippen LogP contribution is -2.13. The zero-order valence-electron chi connectivity index (χ0n) is 14.3. The molecule has 2 aromatic heterocycles. The Kier molecular flexibility index (Phi) is 4.46. The van der Waals surface area contributed by atoms with E-state index in [1.165, 1.54) is 16.1 Å². The molecule has 0 amide bonds. The minimum Gasteiger partial charge on any atom is -0.374 e. The van der Waals surface area contributed by atoms with Gasteiger partial charge in [-0.05, 0) is 49.2 Å². The average Bonchev–Trinajstić information content (AvgIpc) is 3.29. The monoisotopic (exact) mass is 352 g/mol. The van der Waals surface area contributed by atoms with Gasteiger partial charge >= 0.3 is 0 Å². The maximum atomic E-state index is 5.71. The fraction of sp³-hybridized carbons (Fsp3) is 0.263. The summed E-state index contributed by atoms with van der Waals surface area (Å²) in [5.41, 5.74) is 4.63. The number of rotatable bonds is 5. The summed E-state index contributed by atoms with van der Waals surface area (Å²) < 4.78 is 5.71. The highest BCUT2D eigenvalue weighted by Gasteiger charge is 2.23. The Bertz CT molecular complexity index is 864. The fourth-order valence-corrected chi connectivity index (χ4v) is 3.87. The van der Waals surface area contributed by atoms with Gasteiger partial charge in [0.2, 0.25) is 0 Å². The zero-order chi connectivity index (χ0) is 17.2. The summed E-state index contributed by atoms with van der Waals surface area (Å²) in [7, 11) is 0. The Morgan fingerprint density at radius 3 is 2.96 bits per heavy atom. The molecule has 0 aliphatic carbocycles. The molecule has 6 heteroatoms. The molecule has 3 aromatic rings. The summed E-state index contributed by atoms with van der Waals surface area (Å²) in [6.45, 7) is 4.71. The van der Waals surface area contributed by atoms with Crippen LogP contribution >= 0.6 is 11.8 Å². The molecule has 3 heterocycles. The minimum atomic E-state index is 0.223. The molecule has 1 N–H and O–H groups in total. The van der Waals surface area contributed by atoms with Crippen molar-refractivity contribution in [3.8, 4) is 11.1 Å². The van der Waals surface area contributed by atoms with Crippen LogP contribution in [0.3, 0.4) is 0 Å². The summed E-state index contributed by atoms with van der Waals surface area (Å²) in [4.78, 5) is 8.08. The molecule has 0 fully saturated rings. The van der Waals surface area contributed by atoms with Crippen molar-refractivity contribution in [1.82, 2.24) is 15.2 Å². The van der Waals surface area contributed by atoms with Gasteiger partial charge in [-0.25, -0.2) is 4.98 Å². The van der Waals surface area contributed by atoms with E-state index in [4.69, 9.17) is 4.74 Å². The second-order valence-electron chi connectivity index (χ2n) is 6.25. The standard InChI is InChI=1S/C19H20N4OS/c1-13(2)24-11-14-5-6-20-19(7-14)23-12-25-18-8-15(3-4-17(18)23)16-9-21-22-10-16/h3-10,13H,11-12H2,1-2H3,(H,21,22). The quantitative estimate of drug-likeness (QED) is 0.727. The smallest absolute Gasteiger partial charge is 0.134 e. The van der Waals surface area contributed by atoms with Crippen molar-refractivity contribution in [1.29, 1.82) is 0 Å². The van der Waals surface area contributed by atoms with Crippen molar-refractivity contribution in [2.24, 2.45) is 0 Å². The number of aromatic nitrogens is 3. The maximum absolute atomic E-state index is 5.71. The number of anilines is 2. The van der Waals surface area contributed by atoms with Gasteiger partial charge in [-0.2, -0.15) is 5.10 Å². The second kappa shape index (κ2) is 6.90. The zero-order valence-corrected chi connectivity index (χ0v) is 15.1. The third kappa shape index (κ3) is 3.41. The van der Waals surface area contributed by atoms with Crippen LogP contribution in [0.4, 0.5) is 11.5 Å². The Morgan fingerprint density at radius 1 is 1.24 bits per heavy atom. The lowest BCUT2D eigenvalue weighted by Gasteiger charge is -2.18. The highest BCUT2D eigenvalue weighted by molar-refractivity contribution is 7.99. The topological polar surface area (TPSA) is 54.0 Å². The van der Waals surface area contributed by atoms with Crippen LogP contribution in [0.1, 0.15) is 19.4 Å². The van der Waals surface area contributed by atoms with Gasteiger partial charge in [-0.3, -0.25) is 5.10 Å². The summed E-state index contributed by atoms with van der Waals surface area (Å²) >= 11 is 1.83. The Hall–Kier alpha value is -2.31. The highest BCUT2D eigenvalue weighted by atomic mass is 32.2. The first-order valence-electron chi connectivity index (χ1n) is 8.31. The Balaban J connectivity index is 1.59. The fourth-order valence-electron chi connectivity index (χ4n) is 2.80. The summed E-state index contributed by atoms with van der Waals surface area (Å²) in [6.07, 6.45) is 5.84. The van der Waals surface area contributed by atoms with Crippen molar-refractivity contribution in [2.45, 2.75) is 31.5 Å². The van der Waals surface area contributed by atoms with Gasteiger partial charge in [-0.15, -0.1) is 11.8 Å². The summed E-state index contributed by atoms with van der Waals surface area (Å²) in [5.74, 6) is 1.83. The van der Waals surface area contributed by atoms with Gasteiger partial charge in [-0.1, -0.05) is 6.07 Å². The van der Waals surface area contributed by atoms with Crippen molar-refractivity contribution in [3.63, 3.8) is 0 Å². The number of H-pyrrole nitrogens is 1. The lowest BCUT2D eigenvalue weighted by molar-refractivity contribution is 0.0657. The first kappa shape index (κ1) is 16.2. The van der Waals surface area contributed by atoms with Crippen LogP contribution in [0.2, 0.25) is 0 Å². The average molecular weight is 352 g/mol. The van der Waals surface area contributed by atoms with Gasteiger partial charge in [0.25, 0.3) is 0 Å². The molecule has 0 bridgehead atoms. The van der Waals surface area contributed by atoms with Crippen molar-refractivity contribution < 1.29 is 4.74 Å². The number of hydrogen-bond donors (Lipinski definition) is 1. The largest absolute Gasteiger partial charge is 0.374 e. The number of nitrogens with zero attached hydrogens (tertiary/aromatic N) is 3. The molecule has 0 unspecified atom stereocenters. The first-order chi connectivity index (χ1) is 12.2. The van der Waals surface area contributed by atoms with Crippen LogP contribution in [0.25, 0.3) is 11.1 Å². The van der Waals surface area contributed by atoms with Gasteiger partial charge in [0.1, 0.15) is 5.82 Å². The number of pyridine rings is 1. The predicted molar refractivity (Wildman–Crippen MR) is 101 cm³/mol. The van der Waals surface area contributed by atoms with E-state index in [1.54, 1.807) is 0 Å². The minimum absolute atomic E-state index is 0.223. The van der Waals surface area contributed by atoms with Gasteiger partial charge in [0.15, 0.2) is 0 Å². The molecule has 0 atom stereocenters. The normalized spacial score (nSPS) is 13.5. The van der Waals surface area contributed by atoms with Crippen LogP contribution < -0.4 is 4.90 Å². The van der Waals surface area contributed by atoms with Crippen molar-refractivity contribution >= 4 is 23.3 Å². The van der Waals surface area contributed by atoms with Crippen LogP contribution in [0, 0.1) is 0 Å². The number of hydrogen-bond acceptors (Lipinski definition) is 5. The van der Waals surface area contributed by atoms with Crippen LogP contribution in [-0.4, -0.2) is 27.2 Å². The van der Waals surface area contributed by atoms with Gasteiger partial charge < -0.3 is 9.64 Å². The maximum Gasteiger partial charge on any atom is 0.134 e. The highest BCUT2D eigenvalue weighted by Crippen LogP contribution is 2.43. The van der Waals surface area contributed by atoms with Crippen molar-refractivity contribution in [2.75, 3.05) is 10.8 Å². The molecule has 128 valence electrons. The molecule has 0 saturated heterocycles. The molecule has 0 radical (unpaired) electrons. The lowest BCUT2D eigenvalue weighted by atomic mass is 10.1. The molecular weight excluding hydrogens is 332 g/mol. The van der Waals surface area contributed by atoms with E-state index in [9.17, 15) is 0 Å². The van der Waals surface area contributed by atoms with E-state index in [1.807, 2.05) is 50.3 Å².